The number of rotatable bonds is 13. The van der Waals surface area contributed by atoms with Crippen molar-refractivity contribution < 1.29 is 17.9 Å². The average molecular weight is 389 g/mol. The summed E-state index contributed by atoms with van der Waals surface area (Å²) in [5.74, 6) is -0.516. The van der Waals surface area contributed by atoms with Crippen LogP contribution in [0.2, 0.25) is 0 Å². The minimum absolute atomic E-state index is 0.0949. The van der Waals surface area contributed by atoms with Crippen molar-refractivity contribution in [1.82, 2.24) is 0 Å². The number of unbranched alkanes of at least 4 members (excludes halogenated alkanes) is 9. The maximum absolute atomic E-state index is 11.9. The summed E-state index contributed by atoms with van der Waals surface area (Å²) in [6, 6.07) is 5.59. The second-order valence-electron chi connectivity index (χ2n) is 6.28. The molecule has 0 N–H and O–H groups in total. The second-order valence-corrected chi connectivity index (χ2v) is 8.85. The molecule has 1 aromatic carbocycles. The van der Waals surface area contributed by atoms with Crippen molar-refractivity contribution in [1.29, 1.82) is 0 Å². The van der Waals surface area contributed by atoms with Gasteiger partial charge in [0.2, 0.25) is 0 Å². The zero-order valence-electron chi connectivity index (χ0n) is 15.0. The Kier molecular flexibility index (Phi) is 10.8. The Hall–Kier alpha value is -1.07. The molecule has 0 heterocycles. The number of hydrogen-bond donors (Lipinski definition) is 0. The van der Waals surface area contributed by atoms with Crippen LogP contribution >= 0.6 is 10.7 Å². The van der Waals surface area contributed by atoms with Gasteiger partial charge in [-0.25, -0.2) is 13.2 Å². The van der Waals surface area contributed by atoms with Gasteiger partial charge >= 0.3 is 5.97 Å². The zero-order chi connectivity index (χ0) is 18.5. The molecule has 0 aliphatic heterocycles. The van der Waals surface area contributed by atoms with Crippen molar-refractivity contribution >= 4 is 25.7 Å². The molecule has 0 saturated heterocycles. The zero-order valence-corrected chi connectivity index (χ0v) is 16.6. The molecule has 4 nitrogen and oxygen atoms in total. The van der Waals surface area contributed by atoms with E-state index in [0.717, 1.165) is 19.3 Å². The van der Waals surface area contributed by atoms with Gasteiger partial charge in [-0.15, -0.1) is 0 Å². The van der Waals surface area contributed by atoms with E-state index in [9.17, 15) is 13.2 Å². The van der Waals surface area contributed by atoms with Gasteiger partial charge in [0.05, 0.1) is 17.1 Å². The lowest BCUT2D eigenvalue weighted by atomic mass is 10.1. The van der Waals surface area contributed by atoms with Gasteiger partial charge in [0.1, 0.15) is 0 Å². The molecular formula is C19H29ClO4S. The maximum Gasteiger partial charge on any atom is 0.338 e. The fraction of sp³-hybridized carbons (Fsp3) is 0.632. The van der Waals surface area contributed by atoms with Crippen molar-refractivity contribution in [3.05, 3.63) is 29.8 Å². The van der Waals surface area contributed by atoms with Gasteiger partial charge in [-0.2, -0.15) is 0 Å². The summed E-state index contributed by atoms with van der Waals surface area (Å²) < 4.78 is 27.8. The molecule has 142 valence electrons. The SMILES string of the molecule is CCCCCCCCCCCCOC(=O)c1cccc(S(=O)(=O)Cl)c1. The van der Waals surface area contributed by atoms with Crippen LogP contribution in [0.25, 0.3) is 0 Å². The summed E-state index contributed by atoms with van der Waals surface area (Å²) in [5.41, 5.74) is 0.203. The van der Waals surface area contributed by atoms with Crippen molar-refractivity contribution in [2.75, 3.05) is 6.61 Å². The third-order valence-electron chi connectivity index (χ3n) is 4.08. The van der Waals surface area contributed by atoms with E-state index in [1.807, 2.05) is 0 Å². The lowest BCUT2D eigenvalue weighted by Gasteiger charge is -2.06. The predicted octanol–water partition coefficient (Wildman–Crippen LogP) is 5.69. The van der Waals surface area contributed by atoms with Crippen LogP contribution in [0.3, 0.4) is 0 Å². The number of esters is 1. The number of halogens is 1. The molecule has 0 aromatic heterocycles. The van der Waals surface area contributed by atoms with Crippen LogP contribution in [-0.2, 0) is 13.8 Å². The van der Waals surface area contributed by atoms with Crippen LogP contribution in [0.1, 0.15) is 81.5 Å². The third kappa shape index (κ3) is 9.85. The molecule has 0 fully saturated rings. The highest BCUT2D eigenvalue weighted by atomic mass is 35.7. The molecule has 0 unspecified atom stereocenters. The van der Waals surface area contributed by atoms with Gasteiger partial charge in [0, 0.05) is 10.7 Å². The molecule has 0 spiro atoms. The predicted molar refractivity (Wildman–Crippen MR) is 102 cm³/mol. The molecule has 6 heteroatoms. The summed E-state index contributed by atoms with van der Waals surface area (Å²) in [5, 5.41) is 0. The number of carbonyl (C=O) groups excluding carboxylic acids is 1. The molecular weight excluding hydrogens is 360 g/mol. The Labute approximate surface area is 156 Å². The Balaban J connectivity index is 2.13. The topological polar surface area (TPSA) is 60.4 Å². The molecule has 0 saturated carbocycles. The standard InChI is InChI=1S/C19H29ClO4S/c1-2-3-4-5-6-7-8-9-10-11-15-24-19(21)17-13-12-14-18(16-17)25(20,22)23/h12-14,16H,2-11,15H2,1H3. The van der Waals surface area contributed by atoms with Crippen LogP contribution in [0.4, 0.5) is 0 Å². The largest absolute Gasteiger partial charge is 0.462 e. The first-order valence-corrected chi connectivity index (χ1v) is 11.5. The third-order valence-corrected chi connectivity index (χ3v) is 5.43. The van der Waals surface area contributed by atoms with Gasteiger partial charge in [-0.05, 0) is 24.6 Å². The summed E-state index contributed by atoms with van der Waals surface area (Å²) in [4.78, 5) is 11.8. The van der Waals surface area contributed by atoms with Crippen molar-refractivity contribution in [2.24, 2.45) is 0 Å². The number of carbonyl (C=O) groups is 1. The van der Waals surface area contributed by atoms with Gasteiger partial charge in [0.15, 0.2) is 0 Å². The van der Waals surface area contributed by atoms with Crippen molar-refractivity contribution in [3.63, 3.8) is 0 Å². The van der Waals surface area contributed by atoms with Gasteiger partial charge in [0.25, 0.3) is 9.05 Å². The molecule has 0 atom stereocenters. The van der Waals surface area contributed by atoms with Crippen LogP contribution < -0.4 is 0 Å². The maximum atomic E-state index is 11.9. The van der Waals surface area contributed by atoms with E-state index < -0.39 is 15.0 Å². The fourth-order valence-electron chi connectivity index (χ4n) is 2.61. The second kappa shape index (κ2) is 12.3. The highest BCUT2D eigenvalue weighted by molar-refractivity contribution is 8.13. The lowest BCUT2D eigenvalue weighted by Crippen LogP contribution is -2.07. The minimum Gasteiger partial charge on any atom is -0.462 e. The molecule has 0 aliphatic rings. The lowest BCUT2D eigenvalue weighted by molar-refractivity contribution is 0.0497. The Morgan fingerprint density at radius 1 is 0.960 bits per heavy atom. The summed E-state index contributed by atoms with van der Waals surface area (Å²) in [6.45, 7) is 2.58. The molecule has 1 aromatic rings. The van der Waals surface area contributed by atoms with Crippen LogP contribution in [-0.4, -0.2) is 21.0 Å². The fourth-order valence-corrected chi connectivity index (χ4v) is 3.41. The molecule has 0 bridgehead atoms. The number of ether oxygens (including phenoxy) is 1. The molecule has 0 aliphatic carbocycles. The smallest absolute Gasteiger partial charge is 0.338 e. The molecule has 0 amide bonds. The summed E-state index contributed by atoms with van der Waals surface area (Å²) in [6.07, 6.45) is 12.2. The van der Waals surface area contributed by atoms with E-state index in [2.05, 4.69) is 6.92 Å². The normalized spacial score (nSPS) is 11.4. The van der Waals surface area contributed by atoms with Crippen LogP contribution in [0, 0.1) is 0 Å². The van der Waals surface area contributed by atoms with E-state index in [0.29, 0.717) is 6.61 Å². The molecule has 25 heavy (non-hydrogen) atoms. The first kappa shape index (κ1) is 22.0. The van der Waals surface area contributed by atoms with E-state index in [4.69, 9.17) is 15.4 Å². The van der Waals surface area contributed by atoms with Gasteiger partial charge in [-0.3, -0.25) is 0 Å². The van der Waals surface area contributed by atoms with Gasteiger partial charge < -0.3 is 4.74 Å². The van der Waals surface area contributed by atoms with Crippen molar-refractivity contribution in [3.8, 4) is 0 Å². The first-order chi connectivity index (χ1) is 11.9. The molecule has 1 rings (SSSR count). The number of hydrogen-bond acceptors (Lipinski definition) is 4. The monoisotopic (exact) mass is 388 g/mol. The van der Waals surface area contributed by atoms with E-state index in [-0.39, 0.29) is 10.5 Å². The van der Waals surface area contributed by atoms with E-state index >= 15 is 0 Å². The summed E-state index contributed by atoms with van der Waals surface area (Å²) >= 11 is 0. The van der Waals surface area contributed by atoms with Gasteiger partial charge in [-0.1, -0.05) is 70.8 Å². The quantitative estimate of drug-likeness (QED) is 0.247. The molecule has 0 radical (unpaired) electrons. The van der Waals surface area contributed by atoms with E-state index in [1.165, 1.54) is 69.2 Å². The van der Waals surface area contributed by atoms with Crippen LogP contribution in [0.15, 0.2) is 29.2 Å². The van der Waals surface area contributed by atoms with Crippen molar-refractivity contribution in [2.45, 2.75) is 76.0 Å². The number of benzene rings is 1. The Morgan fingerprint density at radius 3 is 2.08 bits per heavy atom. The Bertz CT molecular complexity index is 614. The highest BCUT2D eigenvalue weighted by Crippen LogP contribution is 2.17. The first-order valence-electron chi connectivity index (χ1n) is 9.17. The Morgan fingerprint density at radius 2 is 1.52 bits per heavy atom. The van der Waals surface area contributed by atoms with E-state index in [1.54, 1.807) is 0 Å². The van der Waals surface area contributed by atoms with Crippen LogP contribution in [0.5, 0.6) is 0 Å². The highest BCUT2D eigenvalue weighted by Gasteiger charge is 2.14. The summed E-state index contributed by atoms with van der Waals surface area (Å²) in [7, 11) is 1.44. The minimum atomic E-state index is -3.84. The average Bonchev–Trinajstić information content (AvgIpc) is 2.59.